The molecular formula is C14H14N2O6. The second-order valence-electron chi connectivity index (χ2n) is 4.11. The molecule has 22 heavy (non-hydrogen) atoms. The maximum atomic E-state index is 11.5. The number of pyridine rings is 1. The predicted octanol–water partition coefficient (Wildman–Crippen LogP) is 2.54. The van der Waals surface area contributed by atoms with Crippen molar-refractivity contribution in [1.82, 2.24) is 4.98 Å². The van der Waals surface area contributed by atoms with Crippen molar-refractivity contribution in [2.75, 3.05) is 11.9 Å². The van der Waals surface area contributed by atoms with E-state index in [4.69, 9.17) is 13.9 Å². The summed E-state index contributed by atoms with van der Waals surface area (Å²) in [6.07, 6.45) is 2.20. The molecule has 0 radical (unpaired) electrons. The van der Waals surface area contributed by atoms with Gasteiger partial charge in [0.2, 0.25) is 11.5 Å². The lowest BCUT2D eigenvalue weighted by atomic mass is 10.2. The predicted molar refractivity (Wildman–Crippen MR) is 75.6 cm³/mol. The van der Waals surface area contributed by atoms with Crippen molar-refractivity contribution in [1.29, 1.82) is 0 Å². The molecule has 0 saturated carbocycles. The summed E-state index contributed by atoms with van der Waals surface area (Å²) < 4.78 is 15.0. The van der Waals surface area contributed by atoms with Crippen molar-refractivity contribution in [3.8, 4) is 22.8 Å². The van der Waals surface area contributed by atoms with Crippen molar-refractivity contribution in [3.05, 3.63) is 24.5 Å². The van der Waals surface area contributed by atoms with Crippen LogP contribution >= 0.6 is 0 Å². The van der Waals surface area contributed by atoms with E-state index in [1.165, 1.54) is 12.4 Å². The number of furan rings is 1. The summed E-state index contributed by atoms with van der Waals surface area (Å²) in [6, 6.07) is 3.18. The molecular weight excluding hydrogens is 292 g/mol. The first-order valence-electron chi connectivity index (χ1n) is 6.41. The summed E-state index contributed by atoms with van der Waals surface area (Å²) in [7, 11) is 0. The number of rotatable bonds is 4. The molecule has 0 saturated heterocycles. The zero-order valence-electron chi connectivity index (χ0n) is 12.0. The number of carbonyl (C=O) groups is 2. The standard InChI is InChI=1S/C14H14N2O6/c1-3-20-14(19)16-13-12(21-8(2)17)10(18)11(22-13)9-4-6-15-7-5-9/h4-7,18H,3H2,1-2H3,(H,16,19). The van der Waals surface area contributed by atoms with Crippen LogP contribution in [0.15, 0.2) is 28.9 Å². The fraction of sp³-hybridized carbons (Fsp3) is 0.214. The Labute approximate surface area is 125 Å². The molecule has 0 spiro atoms. The Morgan fingerprint density at radius 2 is 2.05 bits per heavy atom. The minimum absolute atomic E-state index is 0.0328. The molecule has 2 rings (SSSR count). The first-order chi connectivity index (χ1) is 10.5. The van der Waals surface area contributed by atoms with Crippen LogP contribution < -0.4 is 10.1 Å². The van der Waals surface area contributed by atoms with Gasteiger partial charge in [0, 0.05) is 24.9 Å². The van der Waals surface area contributed by atoms with Crippen LogP contribution in [0.25, 0.3) is 11.3 Å². The lowest BCUT2D eigenvalue weighted by Gasteiger charge is -2.04. The number of hydrogen-bond donors (Lipinski definition) is 2. The molecule has 2 heterocycles. The molecule has 0 bridgehead atoms. The van der Waals surface area contributed by atoms with Crippen LogP contribution in [0, 0.1) is 0 Å². The number of anilines is 1. The number of carbonyl (C=O) groups excluding carboxylic acids is 2. The molecule has 8 heteroatoms. The molecule has 0 aliphatic rings. The maximum Gasteiger partial charge on any atom is 0.414 e. The third kappa shape index (κ3) is 3.35. The van der Waals surface area contributed by atoms with Gasteiger partial charge in [-0.1, -0.05) is 0 Å². The van der Waals surface area contributed by atoms with Crippen LogP contribution in [0.3, 0.4) is 0 Å². The van der Waals surface area contributed by atoms with E-state index in [2.05, 4.69) is 10.3 Å². The van der Waals surface area contributed by atoms with E-state index in [9.17, 15) is 14.7 Å². The zero-order valence-corrected chi connectivity index (χ0v) is 12.0. The summed E-state index contributed by atoms with van der Waals surface area (Å²) in [4.78, 5) is 26.5. The Hall–Kier alpha value is -3.03. The highest BCUT2D eigenvalue weighted by atomic mass is 16.6. The second kappa shape index (κ2) is 6.61. The Bertz CT molecular complexity index is 680. The van der Waals surface area contributed by atoms with E-state index in [1.54, 1.807) is 19.1 Å². The minimum atomic E-state index is -0.800. The fourth-order valence-corrected chi connectivity index (χ4v) is 1.69. The SMILES string of the molecule is CCOC(=O)Nc1oc(-c2ccncc2)c(O)c1OC(C)=O. The highest BCUT2D eigenvalue weighted by Crippen LogP contribution is 2.46. The van der Waals surface area contributed by atoms with Gasteiger partial charge in [0.15, 0.2) is 5.76 Å². The topological polar surface area (TPSA) is 111 Å². The Morgan fingerprint density at radius 3 is 2.64 bits per heavy atom. The summed E-state index contributed by atoms with van der Waals surface area (Å²) in [5, 5.41) is 12.4. The molecule has 0 fully saturated rings. The fourth-order valence-electron chi connectivity index (χ4n) is 1.69. The quantitative estimate of drug-likeness (QED) is 0.835. The highest BCUT2D eigenvalue weighted by molar-refractivity contribution is 5.89. The molecule has 2 aromatic rings. The van der Waals surface area contributed by atoms with Crippen LogP contribution in [0.1, 0.15) is 13.8 Å². The lowest BCUT2D eigenvalue weighted by molar-refractivity contribution is -0.132. The Morgan fingerprint density at radius 1 is 1.36 bits per heavy atom. The Balaban J connectivity index is 2.43. The van der Waals surface area contributed by atoms with Gasteiger partial charge < -0.3 is 19.0 Å². The van der Waals surface area contributed by atoms with Crippen LogP contribution in [0.5, 0.6) is 11.5 Å². The average molecular weight is 306 g/mol. The second-order valence-corrected chi connectivity index (χ2v) is 4.11. The van der Waals surface area contributed by atoms with Gasteiger partial charge in [-0.05, 0) is 19.1 Å². The molecule has 0 unspecified atom stereocenters. The molecule has 8 nitrogen and oxygen atoms in total. The molecule has 0 aliphatic carbocycles. The van der Waals surface area contributed by atoms with E-state index in [0.29, 0.717) is 5.56 Å². The van der Waals surface area contributed by atoms with Gasteiger partial charge in [-0.3, -0.25) is 15.1 Å². The van der Waals surface area contributed by atoms with E-state index in [1.807, 2.05) is 0 Å². The Kier molecular flexibility index (Phi) is 4.62. The van der Waals surface area contributed by atoms with E-state index in [0.717, 1.165) is 6.92 Å². The number of hydrogen-bond acceptors (Lipinski definition) is 7. The average Bonchev–Trinajstić information content (AvgIpc) is 2.77. The van der Waals surface area contributed by atoms with Gasteiger partial charge in [-0.25, -0.2) is 4.79 Å². The number of esters is 1. The number of ether oxygens (including phenoxy) is 2. The summed E-state index contributed by atoms with van der Waals surface area (Å²) in [5.41, 5.74) is 0.498. The number of nitrogens with one attached hydrogen (secondary N) is 1. The minimum Gasteiger partial charge on any atom is -0.502 e. The molecule has 0 aromatic carbocycles. The van der Waals surface area contributed by atoms with Crippen molar-refractivity contribution >= 4 is 17.9 Å². The largest absolute Gasteiger partial charge is 0.502 e. The highest BCUT2D eigenvalue weighted by Gasteiger charge is 2.25. The molecule has 0 aliphatic heterocycles. The normalized spacial score (nSPS) is 10.1. The first-order valence-corrected chi connectivity index (χ1v) is 6.41. The van der Waals surface area contributed by atoms with Crippen molar-refractivity contribution in [3.63, 3.8) is 0 Å². The van der Waals surface area contributed by atoms with Crippen LogP contribution in [0.2, 0.25) is 0 Å². The third-order valence-corrected chi connectivity index (χ3v) is 2.52. The number of aromatic nitrogens is 1. The molecule has 116 valence electrons. The maximum absolute atomic E-state index is 11.5. The smallest absolute Gasteiger partial charge is 0.414 e. The molecule has 1 amide bonds. The van der Waals surface area contributed by atoms with E-state index in [-0.39, 0.29) is 24.0 Å². The van der Waals surface area contributed by atoms with Gasteiger partial charge in [0.25, 0.3) is 5.88 Å². The van der Waals surface area contributed by atoms with Crippen LogP contribution in [0.4, 0.5) is 10.7 Å². The first kappa shape index (κ1) is 15.4. The summed E-state index contributed by atoms with van der Waals surface area (Å²) >= 11 is 0. The van der Waals surface area contributed by atoms with E-state index >= 15 is 0 Å². The van der Waals surface area contributed by atoms with Crippen molar-refractivity contribution < 1.29 is 28.6 Å². The monoisotopic (exact) mass is 306 g/mol. The summed E-state index contributed by atoms with van der Waals surface area (Å²) in [6.45, 7) is 2.94. The van der Waals surface area contributed by atoms with Gasteiger partial charge >= 0.3 is 12.1 Å². The summed E-state index contributed by atoms with van der Waals surface area (Å²) in [5.74, 6) is -1.56. The number of nitrogens with zero attached hydrogens (tertiary/aromatic N) is 1. The number of amides is 1. The molecule has 2 N–H and O–H groups in total. The van der Waals surface area contributed by atoms with Gasteiger partial charge in [0.1, 0.15) is 0 Å². The van der Waals surface area contributed by atoms with Gasteiger partial charge in [-0.15, -0.1) is 0 Å². The molecule has 2 aromatic heterocycles. The number of aromatic hydroxyl groups is 1. The zero-order chi connectivity index (χ0) is 16.1. The lowest BCUT2D eigenvalue weighted by Crippen LogP contribution is -2.14. The van der Waals surface area contributed by atoms with Crippen LogP contribution in [-0.2, 0) is 9.53 Å². The molecule has 0 atom stereocenters. The van der Waals surface area contributed by atoms with E-state index < -0.39 is 17.8 Å². The van der Waals surface area contributed by atoms with Crippen molar-refractivity contribution in [2.24, 2.45) is 0 Å². The van der Waals surface area contributed by atoms with Crippen molar-refractivity contribution in [2.45, 2.75) is 13.8 Å². The van der Waals surface area contributed by atoms with Crippen LogP contribution in [-0.4, -0.2) is 28.8 Å². The third-order valence-electron chi connectivity index (χ3n) is 2.52. The van der Waals surface area contributed by atoms with Gasteiger partial charge in [0.05, 0.1) is 6.61 Å². The van der Waals surface area contributed by atoms with Gasteiger partial charge in [-0.2, -0.15) is 0 Å².